The Morgan fingerprint density at radius 2 is 2.16 bits per heavy atom. The number of rotatable bonds is 3. The summed E-state index contributed by atoms with van der Waals surface area (Å²) in [4.78, 5) is 0. The number of para-hydroxylation sites is 1. The number of hydrogen-bond acceptors (Lipinski definition) is 4. The van der Waals surface area contributed by atoms with Crippen LogP contribution in [0.1, 0.15) is 25.8 Å². The zero-order valence-electron chi connectivity index (χ0n) is 11.6. The molecule has 104 valence electrons. The Hall–Kier alpha value is -1.26. The average Bonchev–Trinajstić information content (AvgIpc) is 2.63. The quantitative estimate of drug-likeness (QED) is 0.906. The summed E-state index contributed by atoms with van der Waals surface area (Å²) in [7, 11) is 1.60. The smallest absolute Gasteiger partial charge is 0.165 e. The second-order valence-corrected chi connectivity index (χ2v) is 5.94. The second-order valence-electron chi connectivity index (χ2n) is 5.94. The van der Waals surface area contributed by atoms with Crippen molar-refractivity contribution in [2.24, 2.45) is 0 Å². The molecule has 1 aromatic rings. The van der Waals surface area contributed by atoms with E-state index in [-0.39, 0.29) is 17.8 Å². The van der Waals surface area contributed by atoms with Crippen molar-refractivity contribution >= 4 is 0 Å². The number of ether oxygens (including phenoxy) is 3. The van der Waals surface area contributed by atoms with E-state index in [0.717, 1.165) is 17.9 Å². The SMILES string of the molecule is COC1C(O)CC1Oc1cccc2c1OC(C)(C)C2. The fraction of sp³-hybridized carbons (Fsp3) is 0.600. The molecular formula is C15H20O4. The predicted molar refractivity (Wildman–Crippen MR) is 70.7 cm³/mol. The standard InChI is InChI=1S/C15H20O4/c1-15(2)8-9-5-4-6-11(13(9)19-15)18-12-7-10(16)14(12)17-3/h4-6,10,12,14,16H,7-8H2,1-3H3. The summed E-state index contributed by atoms with van der Waals surface area (Å²) >= 11 is 0. The maximum Gasteiger partial charge on any atom is 0.165 e. The van der Waals surface area contributed by atoms with Gasteiger partial charge in [0.2, 0.25) is 0 Å². The molecule has 0 radical (unpaired) electrons. The van der Waals surface area contributed by atoms with Gasteiger partial charge in [-0.2, -0.15) is 0 Å². The minimum Gasteiger partial charge on any atom is -0.484 e. The summed E-state index contributed by atoms with van der Waals surface area (Å²) in [5, 5.41) is 9.60. The van der Waals surface area contributed by atoms with Crippen LogP contribution in [0.3, 0.4) is 0 Å². The van der Waals surface area contributed by atoms with Crippen LogP contribution in [0, 0.1) is 0 Å². The molecule has 0 bridgehead atoms. The molecule has 1 heterocycles. The summed E-state index contributed by atoms with van der Waals surface area (Å²) in [6, 6.07) is 5.97. The molecule has 0 spiro atoms. The molecule has 1 aromatic carbocycles. The molecule has 19 heavy (non-hydrogen) atoms. The highest BCUT2D eigenvalue weighted by molar-refractivity contribution is 5.50. The Morgan fingerprint density at radius 1 is 1.37 bits per heavy atom. The van der Waals surface area contributed by atoms with E-state index in [1.807, 2.05) is 12.1 Å². The van der Waals surface area contributed by atoms with E-state index in [2.05, 4.69) is 19.9 Å². The molecule has 0 aromatic heterocycles. The molecule has 0 amide bonds. The molecule has 1 saturated carbocycles. The van der Waals surface area contributed by atoms with Gasteiger partial charge in [0.15, 0.2) is 11.5 Å². The van der Waals surface area contributed by atoms with Crippen molar-refractivity contribution in [3.63, 3.8) is 0 Å². The predicted octanol–water partition coefficient (Wildman–Crippen LogP) is 1.93. The van der Waals surface area contributed by atoms with Gasteiger partial charge in [0.25, 0.3) is 0 Å². The molecule has 0 saturated heterocycles. The second kappa shape index (κ2) is 4.39. The number of fused-ring (bicyclic) bond motifs is 1. The zero-order valence-corrected chi connectivity index (χ0v) is 11.6. The molecule has 4 nitrogen and oxygen atoms in total. The Balaban J connectivity index is 1.79. The van der Waals surface area contributed by atoms with Crippen molar-refractivity contribution < 1.29 is 19.3 Å². The van der Waals surface area contributed by atoms with Crippen molar-refractivity contribution in [1.82, 2.24) is 0 Å². The number of aliphatic hydroxyl groups is 1. The number of methoxy groups -OCH3 is 1. The number of hydrogen-bond donors (Lipinski definition) is 1. The molecule has 1 aliphatic carbocycles. The monoisotopic (exact) mass is 264 g/mol. The average molecular weight is 264 g/mol. The fourth-order valence-corrected chi connectivity index (χ4v) is 2.83. The lowest BCUT2D eigenvalue weighted by molar-refractivity contribution is -0.149. The summed E-state index contributed by atoms with van der Waals surface area (Å²) in [6.45, 7) is 4.14. The maximum absolute atomic E-state index is 9.60. The van der Waals surface area contributed by atoms with Gasteiger partial charge in [0.05, 0.1) is 6.10 Å². The van der Waals surface area contributed by atoms with Crippen molar-refractivity contribution in [3.8, 4) is 11.5 Å². The molecule has 1 fully saturated rings. The molecule has 1 aliphatic heterocycles. The summed E-state index contributed by atoms with van der Waals surface area (Å²) < 4.78 is 17.1. The molecular weight excluding hydrogens is 244 g/mol. The normalized spacial score (nSPS) is 31.3. The molecule has 3 atom stereocenters. The Kier molecular flexibility index (Phi) is 2.95. The minimum absolute atomic E-state index is 0.0983. The fourth-order valence-electron chi connectivity index (χ4n) is 2.83. The van der Waals surface area contributed by atoms with Crippen LogP contribution in [0.15, 0.2) is 18.2 Å². The minimum atomic E-state index is -0.427. The van der Waals surface area contributed by atoms with Crippen LogP contribution in [0.25, 0.3) is 0 Å². The number of aliphatic hydroxyl groups excluding tert-OH is 1. The van der Waals surface area contributed by atoms with Crippen LogP contribution in [0.4, 0.5) is 0 Å². The third kappa shape index (κ3) is 2.19. The van der Waals surface area contributed by atoms with Crippen molar-refractivity contribution in [2.45, 2.75) is 50.6 Å². The molecule has 3 rings (SSSR count). The zero-order chi connectivity index (χ0) is 13.6. The van der Waals surface area contributed by atoms with E-state index in [1.165, 1.54) is 5.56 Å². The van der Waals surface area contributed by atoms with Crippen molar-refractivity contribution in [1.29, 1.82) is 0 Å². The summed E-state index contributed by atoms with van der Waals surface area (Å²) in [5.74, 6) is 1.59. The first-order valence-corrected chi connectivity index (χ1v) is 6.68. The maximum atomic E-state index is 9.60. The lowest BCUT2D eigenvalue weighted by atomic mass is 9.88. The van der Waals surface area contributed by atoms with E-state index in [4.69, 9.17) is 14.2 Å². The van der Waals surface area contributed by atoms with Crippen molar-refractivity contribution in [2.75, 3.05) is 7.11 Å². The van der Waals surface area contributed by atoms with Gasteiger partial charge in [-0.05, 0) is 19.9 Å². The first-order chi connectivity index (χ1) is 9.00. The van der Waals surface area contributed by atoms with E-state index in [0.29, 0.717) is 6.42 Å². The van der Waals surface area contributed by atoms with Crippen LogP contribution in [-0.2, 0) is 11.2 Å². The van der Waals surface area contributed by atoms with Gasteiger partial charge in [0.1, 0.15) is 17.8 Å². The van der Waals surface area contributed by atoms with Gasteiger partial charge < -0.3 is 19.3 Å². The Labute approximate surface area is 113 Å². The van der Waals surface area contributed by atoms with Gasteiger partial charge >= 0.3 is 0 Å². The highest BCUT2D eigenvalue weighted by atomic mass is 16.6. The molecule has 1 N–H and O–H groups in total. The van der Waals surface area contributed by atoms with Gasteiger partial charge in [-0.15, -0.1) is 0 Å². The third-order valence-corrected chi connectivity index (χ3v) is 3.82. The first-order valence-electron chi connectivity index (χ1n) is 6.68. The van der Waals surface area contributed by atoms with Gasteiger partial charge in [-0.3, -0.25) is 0 Å². The largest absolute Gasteiger partial charge is 0.484 e. The Morgan fingerprint density at radius 3 is 2.84 bits per heavy atom. The first kappa shape index (κ1) is 12.8. The van der Waals surface area contributed by atoms with Crippen LogP contribution in [0.5, 0.6) is 11.5 Å². The molecule has 3 unspecified atom stereocenters. The highest BCUT2D eigenvalue weighted by Gasteiger charge is 2.43. The van der Waals surface area contributed by atoms with Crippen LogP contribution in [0.2, 0.25) is 0 Å². The van der Waals surface area contributed by atoms with E-state index < -0.39 is 6.10 Å². The van der Waals surface area contributed by atoms with Crippen molar-refractivity contribution in [3.05, 3.63) is 23.8 Å². The van der Waals surface area contributed by atoms with Gasteiger partial charge in [-0.25, -0.2) is 0 Å². The van der Waals surface area contributed by atoms with E-state index >= 15 is 0 Å². The summed E-state index contributed by atoms with van der Waals surface area (Å²) in [6.07, 6.45) is 0.722. The Bertz CT molecular complexity index is 483. The van der Waals surface area contributed by atoms with Crippen LogP contribution >= 0.6 is 0 Å². The van der Waals surface area contributed by atoms with Gasteiger partial charge in [0, 0.05) is 25.5 Å². The molecule has 4 heteroatoms. The van der Waals surface area contributed by atoms with E-state index in [9.17, 15) is 5.11 Å². The highest BCUT2D eigenvalue weighted by Crippen LogP contribution is 2.43. The lowest BCUT2D eigenvalue weighted by Gasteiger charge is -2.40. The number of benzene rings is 1. The van der Waals surface area contributed by atoms with Gasteiger partial charge in [-0.1, -0.05) is 12.1 Å². The topological polar surface area (TPSA) is 47.9 Å². The summed E-state index contributed by atoms with van der Waals surface area (Å²) in [5.41, 5.74) is 0.998. The van der Waals surface area contributed by atoms with Crippen LogP contribution < -0.4 is 9.47 Å². The lowest BCUT2D eigenvalue weighted by Crippen LogP contribution is -2.54. The molecule has 2 aliphatic rings. The van der Waals surface area contributed by atoms with E-state index in [1.54, 1.807) is 7.11 Å². The third-order valence-electron chi connectivity index (χ3n) is 3.82. The van der Waals surface area contributed by atoms with Crippen LogP contribution in [-0.4, -0.2) is 36.1 Å².